The van der Waals surface area contributed by atoms with Gasteiger partial charge in [0, 0.05) is 23.2 Å². The van der Waals surface area contributed by atoms with E-state index in [1.807, 2.05) is 41.8 Å². The van der Waals surface area contributed by atoms with Crippen molar-refractivity contribution in [2.45, 2.75) is 51.7 Å². The Morgan fingerprint density at radius 1 is 1.12 bits per heavy atom. The van der Waals surface area contributed by atoms with E-state index in [2.05, 4.69) is 49.6 Å². The third-order valence-electron chi connectivity index (χ3n) is 8.20. The molecule has 2 N–H and O–H groups in total. The Labute approximate surface area is 256 Å². The summed E-state index contributed by atoms with van der Waals surface area (Å²) in [5, 5.41) is 16.1. The smallest absolute Gasteiger partial charge is 0.251 e. The Hall–Kier alpha value is -4.22. The minimum absolute atomic E-state index is 0.0379. The number of carbonyl (C=O) groups is 1. The molecule has 12 heteroatoms. The highest BCUT2D eigenvalue weighted by molar-refractivity contribution is 6.30. The lowest BCUT2D eigenvalue weighted by atomic mass is 10.0. The summed E-state index contributed by atoms with van der Waals surface area (Å²) in [7, 11) is 3.69. The number of aryl methyl sites for hydroxylation is 1. The molecule has 0 saturated carbocycles. The number of aromatic nitrogens is 5. The molecular formula is C31H36ClN9O2. The fraction of sp³-hybridized carbons (Fsp3) is 0.387. The molecule has 2 aromatic carbocycles. The number of nitrogens with one attached hydrogen (secondary N) is 2. The van der Waals surface area contributed by atoms with Crippen LogP contribution >= 0.6 is 11.6 Å². The van der Waals surface area contributed by atoms with Crippen LogP contribution in [-0.4, -0.2) is 68.8 Å². The van der Waals surface area contributed by atoms with E-state index < -0.39 is 0 Å². The maximum absolute atomic E-state index is 13.0. The van der Waals surface area contributed by atoms with Crippen LogP contribution in [0.4, 0.5) is 17.5 Å². The molecule has 1 saturated heterocycles. The first-order valence-electron chi connectivity index (χ1n) is 14.6. The number of likely N-dealkylation sites (tertiary alicyclic amines) is 1. The van der Waals surface area contributed by atoms with Crippen LogP contribution in [0.3, 0.4) is 0 Å². The van der Waals surface area contributed by atoms with Crippen molar-refractivity contribution in [1.29, 1.82) is 0 Å². The molecule has 2 aliphatic rings. The van der Waals surface area contributed by atoms with Gasteiger partial charge in [-0.15, -0.1) is 10.2 Å². The summed E-state index contributed by atoms with van der Waals surface area (Å²) in [5.74, 6) is 3.24. The molecule has 0 radical (unpaired) electrons. The number of carbonyl (C=O) groups excluding carboxylic acids is 1. The van der Waals surface area contributed by atoms with Gasteiger partial charge in [0.15, 0.2) is 11.6 Å². The minimum atomic E-state index is -0.104. The maximum Gasteiger partial charge on any atom is 0.251 e. The second-order valence-corrected chi connectivity index (χ2v) is 11.5. The van der Waals surface area contributed by atoms with Gasteiger partial charge in [0.1, 0.15) is 17.3 Å². The van der Waals surface area contributed by atoms with Crippen molar-refractivity contribution in [2.24, 2.45) is 0 Å². The third kappa shape index (κ3) is 5.87. The molecule has 4 aromatic rings. The number of hydrogen-bond donors (Lipinski definition) is 2. The Morgan fingerprint density at radius 3 is 2.60 bits per heavy atom. The largest absolute Gasteiger partial charge is 0.495 e. The lowest BCUT2D eigenvalue weighted by Gasteiger charge is -2.37. The highest BCUT2D eigenvalue weighted by atomic mass is 35.5. The molecule has 43 heavy (non-hydrogen) atoms. The zero-order valence-electron chi connectivity index (χ0n) is 24.8. The van der Waals surface area contributed by atoms with Crippen LogP contribution in [0.5, 0.6) is 5.75 Å². The standard InChI is InChI=1S/C31H36ClN9O2/c1-5-25-29-38-37-19(2)41(29)26-17-33-31(36-28(26)40(25)18-20-6-9-22(32)10-7-20)35-24-11-8-21(16-27(24)43-4)30(42)34-23-12-14-39(3)15-13-23/h6-11,16-17,23,25H,5,12-15,18H2,1-4H3,(H,34,42)(H,33,35,36)/t25-/m1/s1. The van der Waals surface area contributed by atoms with Crippen LogP contribution in [0.1, 0.15) is 59.8 Å². The predicted octanol–water partition coefficient (Wildman–Crippen LogP) is 5.07. The normalized spacial score (nSPS) is 16.9. The van der Waals surface area contributed by atoms with Crippen molar-refractivity contribution in [3.8, 4) is 11.4 Å². The molecule has 0 bridgehead atoms. The summed E-state index contributed by atoms with van der Waals surface area (Å²) in [6, 6.07) is 13.3. The van der Waals surface area contributed by atoms with E-state index in [9.17, 15) is 4.79 Å². The van der Waals surface area contributed by atoms with E-state index in [4.69, 9.17) is 21.3 Å². The molecule has 6 rings (SSSR count). The molecule has 1 fully saturated rings. The summed E-state index contributed by atoms with van der Waals surface area (Å²) in [6.07, 6.45) is 4.49. The summed E-state index contributed by atoms with van der Waals surface area (Å²) in [5.41, 5.74) is 3.12. The maximum atomic E-state index is 13.0. The number of nitrogens with zero attached hydrogens (tertiary/aromatic N) is 7. The molecule has 4 heterocycles. The zero-order chi connectivity index (χ0) is 30.1. The fourth-order valence-electron chi connectivity index (χ4n) is 5.83. The average molecular weight is 602 g/mol. The molecule has 2 aliphatic heterocycles. The zero-order valence-corrected chi connectivity index (χ0v) is 25.6. The average Bonchev–Trinajstić information content (AvgIpc) is 3.40. The van der Waals surface area contributed by atoms with Gasteiger partial charge in [-0.25, -0.2) is 4.98 Å². The molecule has 2 aromatic heterocycles. The van der Waals surface area contributed by atoms with Gasteiger partial charge < -0.3 is 25.2 Å². The molecule has 1 atom stereocenters. The Bertz CT molecular complexity index is 1620. The summed E-state index contributed by atoms with van der Waals surface area (Å²) in [6.45, 7) is 6.63. The van der Waals surface area contributed by atoms with E-state index in [-0.39, 0.29) is 18.0 Å². The van der Waals surface area contributed by atoms with Crippen LogP contribution in [0.15, 0.2) is 48.7 Å². The van der Waals surface area contributed by atoms with E-state index in [1.54, 1.807) is 25.4 Å². The summed E-state index contributed by atoms with van der Waals surface area (Å²) >= 11 is 6.16. The van der Waals surface area contributed by atoms with Gasteiger partial charge in [0.05, 0.1) is 25.0 Å². The van der Waals surface area contributed by atoms with Gasteiger partial charge >= 0.3 is 0 Å². The second-order valence-electron chi connectivity index (χ2n) is 11.1. The number of anilines is 3. The van der Waals surface area contributed by atoms with Crippen LogP contribution in [-0.2, 0) is 6.54 Å². The van der Waals surface area contributed by atoms with Gasteiger partial charge in [-0.05, 0) is 82.2 Å². The van der Waals surface area contributed by atoms with Crippen LogP contribution in [0.25, 0.3) is 5.69 Å². The van der Waals surface area contributed by atoms with Crippen molar-refractivity contribution in [2.75, 3.05) is 37.5 Å². The lowest BCUT2D eigenvalue weighted by molar-refractivity contribution is 0.0916. The minimum Gasteiger partial charge on any atom is -0.495 e. The summed E-state index contributed by atoms with van der Waals surface area (Å²) < 4.78 is 7.71. The molecule has 0 unspecified atom stereocenters. The number of halogens is 1. The van der Waals surface area contributed by atoms with Gasteiger partial charge in [-0.3, -0.25) is 9.36 Å². The monoisotopic (exact) mass is 601 g/mol. The number of methoxy groups -OCH3 is 1. The lowest BCUT2D eigenvalue weighted by Crippen LogP contribution is -2.43. The number of benzene rings is 2. The van der Waals surface area contributed by atoms with Crippen molar-refractivity contribution in [3.05, 3.63) is 76.5 Å². The van der Waals surface area contributed by atoms with E-state index in [0.29, 0.717) is 34.5 Å². The predicted molar refractivity (Wildman–Crippen MR) is 167 cm³/mol. The van der Waals surface area contributed by atoms with Crippen molar-refractivity contribution in [1.82, 2.24) is 34.9 Å². The topological polar surface area (TPSA) is 113 Å². The van der Waals surface area contributed by atoms with Gasteiger partial charge in [-0.2, -0.15) is 4.98 Å². The first-order chi connectivity index (χ1) is 20.8. The van der Waals surface area contributed by atoms with Crippen LogP contribution in [0.2, 0.25) is 5.02 Å². The number of fused-ring (bicyclic) bond motifs is 3. The van der Waals surface area contributed by atoms with Crippen molar-refractivity contribution >= 4 is 35.0 Å². The fourth-order valence-corrected chi connectivity index (χ4v) is 5.95. The van der Waals surface area contributed by atoms with Crippen LogP contribution in [0, 0.1) is 6.92 Å². The molecule has 0 aliphatic carbocycles. The Morgan fingerprint density at radius 2 is 1.88 bits per heavy atom. The van der Waals surface area contributed by atoms with E-state index in [1.165, 1.54) is 0 Å². The first-order valence-corrected chi connectivity index (χ1v) is 15.0. The third-order valence-corrected chi connectivity index (χ3v) is 8.46. The number of rotatable bonds is 8. The van der Waals surface area contributed by atoms with E-state index in [0.717, 1.165) is 61.1 Å². The molecular weight excluding hydrogens is 566 g/mol. The van der Waals surface area contributed by atoms with Gasteiger partial charge in [0.25, 0.3) is 5.91 Å². The van der Waals surface area contributed by atoms with Gasteiger partial charge in [-0.1, -0.05) is 30.7 Å². The van der Waals surface area contributed by atoms with E-state index >= 15 is 0 Å². The molecule has 0 spiro atoms. The number of piperidine rings is 1. The number of hydrogen-bond acceptors (Lipinski definition) is 9. The molecule has 224 valence electrons. The highest BCUT2D eigenvalue weighted by Crippen LogP contribution is 2.40. The first kappa shape index (κ1) is 28.9. The van der Waals surface area contributed by atoms with Crippen molar-refractivity contribution in [3.63, 3.8) is 0 Å². The summed E-state index contributed by atoms with van der Waals surface area (Å²) in [4.78, 5) is 27.2. The number of amides is 1. The highest BCUT2D eigenvalue weighted by Gasteiger charge is 2.35. The number of ether oxygens (including phenoxy) is 1. The Kier molecular flexibility index (Phi) is 8.18. The van der Waals surface area contributed by atoms with Crippen molar-refractivity contribution < 1.29 is 9.53 Å². The SMILES string of the molecule is CC[C@@H]1c2nnc(C)n2-c2cnc(Nc3ccc(C(=O)NC4CCN(C)CC4)cc3OC)nc2N1Cc1ccc(Cl)cc1. The van der Waals surface area contributed by atoms with Crippen LogP contribution < -0.4 is 20.3 Å². The quantitative estimate of drug-likeness (QED) is 0.286. The molecule has 11 nitrogen and oxygen atoms in total. The second kappa shape index (κ2) is 12.2. The molecule has 1 amide bonds. The van der Waals surface area contributed by atoms with Gasteiger partial charge in [0.2, 0.25) is 5.95 Å². The Balaban J connectivity index is 1.29.